The Bertz CT molecular complexity index is 620. The summed E-state index contributed by atoms with van der Waals surface area (Å²) in [5.41, 5.74) is 2.36. The van der Waals surface area contributed by atoms with Crippen LogP contribution in [0.4, 0.5) is 0 Å². The Morgan fingerprint density at radius 1 is 1.27 bits per heavy atom. The van der Waals surface area contributed by atoms with Gasteiger partial charge in [0.25, 0.3) is 0 Å². The Kier molecular flexibility index (Phi) is 4.60. The van der Waals surface area contributed by atoms with Gasteiger partial charge in [-0.15, -0.1) is 6.58 Å². The summed E-state index contributed by atoms with van der Waals surface area (Å²) < 4.78 is 5.82. The zero-order chi connectivity index (χ0) is 18.5. The maximum absolute atomic E-state index is 11.7. The number of esters is 1. The number of carbonyl (C=O) groups excluding carboxylic acids is 1. The molecule has 0 saturated heterocycles. The highest BCUT2D eigenvalue weighted by Crippen LogP contribution is 2.67. The first-order valence-corrected chi connectivity index (χ1v) is 10.9. The first-order chi connectivity index (χ1) is 12.4. The summed E-state index contributed by atoms with van der Waals surface area (Å²) in [6.07, 6.45) is 16.1. The van der Waals surface area contributed by atoms with Crippen LogP contribution in [0.3, 0.4) is 0 Å². The van der Waals surface area contributed by atoms with Gasteiger partial charge in [0.2, 0.25) is 0 Å². The van der Waals surface area contributed by atoms with E-state index in [0.717, 1.165) is 30.6 Å². The van der Waals surface area contributed by atoms with Crippen molar-refractivity contribution in [3.8, 4) is 0 Å². The van der Waals surface area contributed by atoms with Crippen LogP contribution in [-0.2, 0) is 9.53 Å². The molecular formula is C24H36O2. The smallest absolute Gasteiger partial charge is 0.302 e. The molecule has 2 nitrogen and oxygen atoms in total. The van der Waals surface area contributed by atoms with Crippen molar-refractivity contribution in [3.05, 3.63) is 24.3 Å². The number of allylic oxidation sites excluding steroid dienone is 3. The molecule has 4 rings (SSSR count). The third kappa shape index (κ3) is 2.62. The van der Waals surface area contributed by atoms with Gasteiger partial charge in [0.1, 0.15) is 6.10 Å². The Morgan fingerprint density at radius 2 is 2.08 bits per heavy atom. The van der Waals surface area contributed by atoms with E-state index in [1.165, 1.54) is 44.9 Å². The van der Waals surface area contributed by atoms with E-state index in [4.69, 9.17) is 4.74 Å². The molecule has 3 saturated carbocycles. The lowest BCUT2D eigenvalue weighted by atomic mass is 9.44. The van der Waals surface area contributed by atoms with Crippen LogP contribution in [0.25, 0.3) is 0 Å². The first-order valence-electron chi connectivity index (χ1n) is 10.9. The van der Waals surface area contributed by atoms with Gasteiger partial charge in [0.05, 0.1) is 0 Å². The van der Waals surface area contributed by atoms with Crippen molar-refractivity contribution in [2.45, 2.75) is 84.7 Å². The lowest BCUT2D eigenvalue weighted by Gasteiger charge is -2.60. The van der Waals surface area contributed by atoms with Crippen LogP contribution < -0.4 is 0 Å². The summed E-state index contributed by atoms with van der Waals surface area (Å²) in [6.45, 7) is 10.7. The Morgan fingerprint density at radius 3 is 2.81 bits per heavy atom. The fourth-order valence-electron chi connectivity index (χ4n) is 7.69. The van der Waals surface area contributed by atoms with Gasteiger partial charge < -0.3 is 4.74 Å². The molecule has 144 valence electrons. The highest BCUT2D eigenvalue weighted by atomic mass is 16.5. The van der Waals surface area contributed by atoms with Crippen LogP contribution in [0.15, 0.2) is 24.3 Å². The highest BCUT2D eigenvalue weighted by Gasteiger charge is 2.61. The molecule has 7 atom stereocenters. The van der Waals surface area contributed by atoms with Crippen molar-refractivity contribution in [3.63, 3.8) is 0 Å². The van der Waals surface area contributed by atoms with Gasteiger partial charge >= 0.3 is 5.97 Å². The number of hydrogen-bond acceptors (Lipinski definition) is 2. The Hall–Kier alpha value is -1.05. The van der Waals surface area contributed by atoms with Crippen molar-refractivity contribution in [1.29, 1.82) is 0 Å². The van der Waals surface area contributed by atoms with Gasteiger partial charge in [-0.25, -0.2) is 0 Å². The molecule has 26 heavy (non-hydrogen) atoms. The predicted molar refractivity (Wildman–Crippen MR) is 106 cm³/mol. The van der Waals surface area contributed by atoms with Crippen LogP contribution in [0.2, 0.25) is 0 Å². The third-order valence-electron chi connectivity index (χ3n) is 8.89. The van der Waals surface area contributed by atoms with Gasteiger partial charge in [-0.2, -0.15) is 0 Å². The van der Waals surface area contributed by atoms with Crippen LogP contribution in [0.5, 0.6) is 0 Å². The number of rotatable bonds is 3. The third-order valence-corrected chi connectivity index (χ3v) is 8.89. The molecule has 0 unspecified atom stereocenters. The summed E-state index contributed by atoms with van der Waals surface area (Å²) in [6, 6.07) is 0. The molecule has 0 aromatic carbocycles. The molecule has 4 aliphatic carbocycles. The van der Waals surface area contributed by atoms with Gasteiger partial charge in [-0.05, 0) is 86.9 Å². The fourth-order valence-corrected chi connectivity index (χ4v) is 7.69. The molecule has 0 spiro atoms. The quantitative estimate of drug-likeness (QED) is 0.453. The molecule has 4 aliphatic rings. The minimum Gasteiger partial charge on any atom is -0.462 e. The van der Waals surface area contributed by atoms with E-state index in [1.807, 2.05) is 0 Å². The standard InChI is InChI=1S/C24H36O2/c1-5-8-17-15-18-9-6-7-13-23(18,3)20-12-14-24(4)19(22(17)20)10-11-21(24)26-16(2)25/h5,9,17,19-22H,1,6-8,10-15H2,2-4H3/t17-,19+,20+,21+,22+,23+,24+/m1/s1. The summed E-state index contributed by atoms with van der Waals surface area (Å²) in [5, 5.41) is 0. The van der Waals surface area contributed by atoms with Crippen molar-refractivity contribution < 1.29 is 9.53 Å². The summed E-state index contributed by atoms with van der Waals surface area (Å²) in [4.78, 5) is 11.7. The molecule has 0 aromatic heterocycles. The molecule has 0 amide bonds. The largest absolute Gasteiger partial charge is 0.462 e. The zero-order valence-corrected chi connectivity index (χ0v) is 16.9. The minimum atomic E-state index is -0.102. The van der Waals surface area contributed by atoms with E-state index < -0.39 is 0 Å². The number of fused-ring (bicyclic) bond motifs is 5. The monoisotopic (exact) mass is 356 g/mol. The lowest BCUT2D eigenvalue weighted by Crippen LogP contribution is -2.54. The number of carbonyl (C=O) groups is 1. The molecule has 0 N–H and O–H groups in total. The van der Waals surface area contributed by atoms with Gasteiger partial charge in [0, 0.05) is 12.3 Å². The zero-order valence-electron chi connectivity index (χ0n) is 16.9. The van der Waals surface area contributed by atoms with Crippen LogP contribution in [-0.4, -0.2) is 12.1 Å². The molecule has 0 aromatic rings. The predicted octanol–water partition coefficient (Wildman–Crippen LogP) is 6.07. The van der Waals surface area contributed by atoms with E-state index >= 15 is 0 Å². The fraction of sp³-hybridized carbons (Fsp3) is 0.792. The molecule has 0 bridgehead atoms. The lowest BCUT2D eigenvalue weighted by molar-refractivity contribution is -0.158. The first kappa shape index (κ1) is 18.3. The van der Waals surface area contributed by atoms with Gasteiger partial charge in [0.15, 0.2) is 0 Å². The molecule has 2 heteroatoms. The molecular weight excluding hydrogens is 320 g/mol. The van der Waals surface area contributed by atoms with Gasteiger partial charge in [-0.3, -0.25) is 4.79 Å². The molecule has 0 aliphatic heterocycles. The summed E-state index contributed by atoms with van der Waals surface area (Å²) in [5.74, 6) is 2.91. The van der Waals surface area contributed by atoms with E-state index in [1.54, 1.807) is 12.5 Å². The van der Waals surface area contributed by atoms with E-state index in [2.05, 4.69) is 32.6 Å². The molecule has 3 fully saturated rings. The maximum atomic E-state index is 11.7. The summed E-state index contributed by atoms with van der Waals surface area (Å²) >= 11 is 0. The van der Waals surface area contributed by atoms with Crippen LogP contribution in [0, 0.1) is 34.5 Å². The van der Waals surface area contributed by atoms with Crippen molar-refractivity contribution in [2.24, 2.45) is 34.5 Å². The average molecular weight is 357 g/mol. The average Bonchev–Trinajstić information content (AvgIpc) is 2.91. The van der Waals surface area contributed by atoms with E-state index in [9.17, 15) is 4.79 Å². The Labute approximate surface area is 159 Å². The second kappa shape index (κ2) is 6.53. The van der Waals surface area contributed by atoms with E-state index in [0.29, 0.717) is 11.3 Å². The van der Waals surface area contributed by atoms with E-state index in [-0.39, 0.29) is 17.5 Å². The number of hydrogen-bond donors (Lipinski definition) is 0. The van der Waals surface area contributed by atoms with Crippen molar-refractivity contribution in [2.75, 3.05) is 0 Å². The SMILES string of the molecule is C=CC[C@@H]1CC2=CCCC[C@]2(C)[C@H]2CC[C@]3(C)[C@@H](OC(C)=O)CC[C@H]3[C@H]12. The maximum Gasteiger partial charge on any atom is 0.302 e. The van der Waals surface area contributed by atoms with Crippen molar-refractivity contribution >= 4 is 5.97 Å². The van der Waals surface area contributed by atoms with Gasteiger partial charge in [-0.1, -0.05) is 31.6 Å². The minimum absolute atomic E-state index is 0.102. The van der Waals surface area contributed by atoms with Crippen LogP contribution in [0.1, 0.15) is 78.6 Å². The highest BCUT2D eigenvalue weighted by molar-refractivity contribution is 5.66. The Balaban J connectivity index is 1.69. The van der Waals surface area contributed by atoms with Crippen molar-refractivity contribution in [1.82, 2.24) is 0 Å². The topological polar surface area (TPSA) is 26.3 Å². The normalized spacial score (nSPS) is 47.2. The second-order valence-electron chi connectivity index (χ2n) is 10.0. The number of ether oxygens (including phenoxy) is 1. The second-order valence-corrected chi connectivity index (χ2v) is 10.0. The summed E-state index contributed by atoms with van der Waals surface area (Å²) in [7, 11) is 0. The van der Waals surface area contributed by atoms with Crippen LogP contribution >= 0.6 is 0 Å². The molecule has 0 radical (unpaired) electrons. The molecule has 0 heterocycles.